The van der Waals surface area contributed by atoms with Crippen LogP contribution in [0.15, 0.2) is 16.4 Å². The van der Waals surface area contributed by atoms with Gasteiger partial charge >= 0.3 is 0 Å². The first-order valence-corrected chi connectivity index (χ1v) is 12.0. The molecular formula is C18H23N7O7S2. The van der Waals surface area contributed by atoms with Crippen LogP contribution in [0, 0.1) is 0 Å². The van der Waals surface area contributed by atoms with Crippen LogP contribution in [0.5, 0.6) is 0 Å². The molecule has 0 radical (unpaired) electrons. The van der Waals surface area contributed by atoms with Gasteiger partial charge in [-0.3, -0.25) is 14.5 Å². The van der Waals surface area contributed by atoms with Gasteiger partial charge in [0, 0.05) is 22.9 Å². The number of amides is 2. The summed E-state index contributed by atoms with van der Waals surface area (Å²) >= 11 is 2.15. The van der Waals surface area contributed by atoms with Gasteiger partial charge in [0.25, 0.3) is 11.8 Å². The number of likely N-dealkylation sites (tertiary alicyclic amines) is 1. The van der Waals surface area contributed by atoms with Crippen LogP contribution in [0.3, 0.4) is 0 Å². The number of anilines is 1. The Balaban J connectivity index is 1.52. The third-order valence-corrected chi connectivity index (χ3v) is 7.73. The van der Waals surface area contributed by atoms with Crippen molar-refractivity contribution in [2.24, 2.45) is 5.16 Å². The molecule has 5 N–H and O–H groups in total. The van der Waals surface area contributed by atoms with E-state index in [-0.39, 0.29) is 52.2 Å². The summed E-state index contributed by atoms with van der Waals surface area (Å²) < 4.78 is 4.15. The number of hydrogen-bond donors (Lipinski definition) is 4. The van der Waals surface area contributed by atoms with Gasteiger partial charge in [0.05, 0.1) is 18.7 Å². The average molecular weight is 514 g/mol. The normalized spacial score (nSPS) is 28.4. The molecule has 0 saturated carbocycles. The van der Waals surface area contributed by atoms with Gasteiger partial charge < -0.3 is 40.5 Å². The van der Waals surface area contributed by atoms with Crippen molar-refractivity contribution in [2.75, 3.05) is 45.3 Å². The van der Waals surface area contributed by atoms with E-state index in [1.807, 2.05) is 0 Å². The number of oxime groups is 1. The lowest BCUT2D eigenvalue weighted by molar-refractivity contribution is -0.895. The summed E-state index contributed by atoms with van der Waals surface area (Å²) in [6.45, 7) is 0.727. The number of thioether (sulfide) groups is 1. The Hall–Kier alpha value is -2.79. The molecule has 0 aromatic carbocycles. The molecule has 4 atom stereocenters. The minimum atomic E-state index is -1.51. The summed E-state index contributed by atoms with van der Waals surface area (Å²) in [6, 6.07) is -1.01. The standard InChI is InChI=1S/C18H23N7O7S2/c1-25(4-8(26)9(27)5-25)3-7-6-33-16-11(15(29)24(16)12(7)17(30)31)20-14(28)10(22-32-2)13-21-18(19)34-23-13/h8-9,11,16,26-27H,3-6H2,1-2H3,(H3-,19,20,21,23,28,30,31)/b22-10-/t8-,9-,11?,16+/m0/s1. The van der Waals surface area contributed by atoms with Crippen molar-refractivity contribution in [1.29, 1.82) is 0 Å². The van der Waals surface area contributed by atoms with Crippen molar-refractivity contribution in [1.82, 2.24) is 19.6 Å². The van der Waals surface area contributed by atoms with Crippen molar-refractivity contribution in [2.45, 2.75) is 23.6 Å². The smallest absolute Gasteiger partial charge is 0.278 e. The van der Waals surface area contributed by atoms with Crippen LogP contribution in [-0.4, -0.2) is 116 Å². The number of nitrogens with two attached hydrogens (primary N) is 1. The van der Waals surface area contributed by atoms with Gasteiger partial charge in [-0.05, 0) is 0 Å². The summed E-state index contributed by atoms with van der Waals surface area (Å²) in [5, 5.41) is 37.4. The minimum absolute atomic E-state index is 0.0636. The number of carbonyl (C=O) groups excluding carboxylic acids is 3. The highest BCUT2D eigenvalue weighted by Crippen LogP contribution is 2.41. The third-order valence-electron chi connectivity index (χ3n) is 5.85. The molecule has 34 heavy (non-hydrogen) atoms. The van der Waals surface area contributed by atoms with Gasteiger partial charge in [0.2, 0.25) is 11.5 Å². The maximum atomic E-state index is 12.9. The van der Waals surface area contributed by atoms with Crippen molar-refractivity contribution in [3.63, 3.8) is 0 Å². The molecule has 4 rings (SSSR count). The number of hydrogen-bond acceptors (Lipinski definition) is 13. The Morgan fingerprint density at radius 3 is 2.62 bits per heavy atom. The van der Waals surface area contributed by atoms with E-state index in [2.05, 4.69) is 24.7 Å². The zero-order chi connectivity index (χ0) is 24.8. The van der Waals surface area contributed by atoms with E-state index >= 15 is 0 Å². The lowest BCUT2D eigenvalue weighted by atomic mass is 10.0. The average Bonchev–Trinajstić information content (AvgIpc) is 3.30. The van der Waals surface area contributed by atoms with E-state index < -0.39 is 41.4 Å². The first-order chi connectivity index (χ1) is 16.0. The molecule has 2 fully saturated rings. The quantitative estimate of drug-likeness (QED) is 0.120. The number of rotatable bonds is 7. The number of aliphatic hydroxyl groups is 2. The molecule has 2 amide bonds. The van der Waals surface area contributed by atoms with Crippen LogP contribution in [-0.2, 0) is 19.2 Å². The Morgan fingerprint density at radius 2 is 2.06 bits per heavy atom. The zero-order valence-electron chi connectivity index (χ0n) is 18.2. The fraction of sp³-hybridized carbons (Fsp3) is 0.556. The van der Waals surface area contributed by atoms with Gasteiger partial charge in [-0.2, -0.15) is 9.36 Å². The summed E-state index contributed by atoms with van der Waals surface area (Å²) in [7, 11) is 3.03. The number of nitrogen functional groups attached to an aromatic ring is 1. The number of carbonyl (C=O) groups is 3. The molecule has 1 aromatic rings. The maximum absolute atomic E-state index is 12.9. The molecule has 1 aromatic heterocycles. The SMILES string of the molecule is CO/N=C(\C(=O)NC1C(=O)N2C(C(=O)[O-])=C(C[N+]3(C)C[C@H](O)[C@@H](O)C3)CS[C@H]12)c1nsc(N)n1. The van der Waals surface area contributed by atoms with Crippen molar-refractivity contribution >= 4 is 51.9 Å². The fourth-order valence-corrected chi connectivity index (χ4v) is 6.19. The molecule has 0 bridgehead atoms. The first kappa shape index (κ1) is 24.3. The summed E-state index contributed by atoms with van der Waals surface area (Å²) in [5.74, 6) is -2.69. The predicted octanol–water partition coefficient (Wildman–Crippen LogP) is -3.94. The second-order valence-corrected chi connectivity index (χ2v) is 10.3. The van der Waals surface area contributed by atoms with Gasteiger partial charge in [-0.15, -0.1) is 11.8 Å². The molecule has 3 aliphatic rings. The molecule has 3 aliphatic heterocycles. The highest BCUT2D eigenvalue weighted by Gasteiger charge is 2.54. The first-order valence-electron chi connectivity index (χ1n) is 10.1. The number of likely N-dealkylation sites (N-methyl/N-ethyl adjacent to an activating group) is 1. The fourth-order valence-electron chi connectivity index (χ4n) is 4.42. The Kier molecular flexibility index (Phi) is 6.52. The van der Waals surface area contributed by atoms with E-state index in [0.717, 1.165) is 16.4 Å². The summed E-state index contributed by atoms with van der Waals surface area (Å²) in [6.07, 6.45) is -1.81. The Labute approximate surface area is 201 Å². The third kappa shape index (κ3) is 4.34. The van der Waals surface area contributed by atoms with Crippen LogP contribution < -0.4 is 16.2 Å². The van der Waals surface area contributed by atoms with Crippen LogP contribution in [0.4, 0.5) is 5.13 Å². The molecule has 4 heterocycles. The lowest BCUT2D eigenvalue weighted by Crippen LogP contribution is -2.71. The van der Waals surface area contributed by atoms with Gasteiger partial charge in [0.1, 0.15) is 50.4 Å². The second-order valence-electron chi connectivity index (χ2n) is 8.46. The van der Waals surface area contributed by atoms with E-state index in [9.17, 15) is 29.7 Å². The number of fused-ring (bicyclic) bond motifs is 1. The topological polar surface area (TPSA) is 203 Å². The number of β-lactam (4-membered cyclic amide) rings is 1. The van der Waals surface area contributed by atoms with Crippen LogP contribution in [0.25, 0.3) is 0 Å². The largest absolute Gasteiger partial charge is 0.543 e. The monoisotopic (exact) mass is 513 g/mol. The van der Waals surface area contributed by atoms with Gasteiger partial charge in [-0.1, -0.05) is 5.16 Å². The number of nitrogens with one attached hydrogen (secondary N) is 1. The molecule has 16 heteroatoms. The molecule has 0 aliphatic carbocycles. The van der Waals surface area contributed by atoms with E-state index in [1.165, 1.54) is 18.9 Å². The molecule has 14 nitrogen and oxygen atoms in total. The zero-order valence-corrected chi connectivity index (χ0v) is 19.8. The van der Waals surface area contributed by atoms with Crippen molar-refractivity contribution < 1.29 is 39.0 Å². The maximum Gasteiger partial charge on any atom is 0.278 e. The molecule has 2 saturated heterocycles. The Morgan fingerprint density at radius 1 is 1.38 bits per heavy atom. The Bertz CT molecular complexity index is 1080. The number of aliphatic carboxylic acids is 1. The van der Waals surface area contributed by atoms with Crippen molar-refractivity contribution in [3.05, 3.63) is 17.1 Å². The molecule has 0 spiro atoms. The van der Waals surface area contributed by atoms with Crippen LogP contribution in [0.2, 0.25) is 0 Å². The van der Waals surface area contributed by atoms with Crippen LogP contribution >= 0.6 is 23.3 Å². The van der Waals surface area contributed by atoms with Gasteiger partial charge in [0.15, 0.2) is 5.13 Å². The number of quaternary nitrogens is 1. The summed E-state index contributed by atoms with van der Waals surface area (Å²) in [5.41, 5.74) is 5.51. The van der Waals surface area contributed by atoms with E-state index in [0.29, 0.717) is 5.57 Å². The number of nitrogens with zero attached hydrogens (tertiary/aromatic N) is 5. The number of aliphatic hydroxyl groups excluding tert-OH is 2. The van der Waals surface area contributed by atoms with E-state index in [1.54, 1.807) is 7.05 Å². The number of carboxylic acids is 1. The predicted molar refractivity (Wildman–Crippen MR) is 118 cm³/mol. The highest BCUT2D eigenvalue weighted by molar-refractivity contribution is 8.00. The van der Waals surface area contributed by atoms with E-state index in [4.69, 9.17) is 5.73 Å². The van der Waals surface area contributed by atoms with Crippen molar-refractivity contribution in [3.8, 4) is 0 Å². The molecule has 184 valence electrons. The number of aromatic nitrogens is 2. The lowest BCUT2D eigenvalue weighted by Gasteiger charge is -2.51. The molecular weight excluding hydrogens is 490 g/mol. The summed E-state index contributed by atoms with van der Waals surface area (Å²) in [4.78, 5) is 47.3. The highest BCUT2D eigenvalue weighted by atomic mass is 32.2. The minimum Gasteiger partial charge on any atom is -0.543 e. The van der Waals surface area contributed by atoms with Gasteiger partial charge in [-0.25, -0.2) is 0 Å². The number of carboxylic acid groups (broad SMARTS) is 1. The van der Waals surface area contributed by atoms with Crippen LogP contribution in [0.1, 0.15) is 5.82 Å². The molecule has 1 unspecified atom stereocenters. The second kappa shape index (κ2) is 9.10.